The molecule has 0 aromatic carbocycles. The molecule has 1 aliphatic heterocycles. The first-order valence-electron chi connectivity index (χ1n) is 7.66. The Bertz CT molecular complexity index is 422. The van der Waals surface area contributed by atoms with Gasteiger partial charge >= 0.3 is 12.1 Å². The average molecular weight is 297 g/mol. The van der Waals surface area contributed by atoms with Crippen LogP contribution in [0.3, 0.4) is 0 Å². The monoisotopic (exact) mass is 297 g/mol. The van der Waals surface area contributed by atoms with Gasteiger partial charge in [0, 0.05) is 13.1 Å². The maximum atomic E-state index is 12.0. The molecule has 21 heavy (non-hydrogen) atoms. The summed E-state index contributed by atoms with van der Waals surface area (Å²) in [6, 6.07) is 0. The number of hydrogen-bond acceptors (Lipinski definition) is 4. The highest BCUT2D eigenvalue weighted by Gasteiger charge is 2.57. The summed E-state index contributed by atoms with van der Waals surface area (Å²) < 4.78 is 10.3. The maximum absolute atomic E-state index is 12.0. The molecule has 2 fully saturated rings. The second kappa shape index (κ2) is 5.18. The molecule has 5 nitrogen and oxygen atoms in total. The van der Waals surface area contributed by atoms with Crippen molar-refractivity contribution in [1.29, 1.82) is 0 Å². The van der Waals surface area contributed by atoms with E-state index in [9.17, 15) is 9.59 Å². The molecule has 0 atom stereocenters. The molecule has 2 aliphatic rings. The normalized spacial score (nSPS) is 23.4. The van der Waals surface area contributed by atoms with E-state index in [0.29, 0.717) is 13.1 Å². The highest BCUT2D eigenvalue weighted by molar-refractivity contribution is 5.77. The predicted octanol–water partition coefficient (Wildman–Crippen LogP) is 2.98. The van der Waals surface area contributed by atoms with Gasteiger partial charge < -0.3 is 14.4 Å². The Morgan fingerprint density at radius 2 is 1.62 bits per heavy atom. The lowest BCUT2D eigenvalue weighted by Crippen LogP contribution is -2.55. The van der Waals surface area contributed by atoms with E-state index in [1.807, 2.05) is 27.7 Å². The fourth-order valence-electron chi connectivity index (χ4n) is 3.84. The number of ether oxygens (including phenoxy) is 2. The average Bonchev–Trinajstić information content (AvgIpc) is 2.34. The van der Waals surface area contributed by atoms with E-state index in [-0.39, 0.29) is 22.9 Å². The van der Waals surface area contributed by atoms with Gasteiger partial charge in [-0.3, -0.25) is 4.79 Å². The fourth-order valence-corrected chi connectivity index (χ4v) is 3.84. The maximum Gasteiger partial charge on any atom is 0.410 e. The predicted molar refractivity (Wildman–Crippen MR) is 78.8 cm³/mol. The number of carbonyl (C=O) groups is 2. The number of hydrogen-bond donors (Lipinski definition) is 0. The molecule has 0 aromatic rings. The van der Waals surface area contributed by atoms with Crippen LogP contribution in [-0.2, 0) is 14.3 Å². The van der Waals surface area contributed by atoms with Crippen molar-refractivity contribution in [2.45, 2.75) is 59.0 Å². The van der Waals surface area contributed by atoms with Crippen molar-refractivity contribution in [3.8, 4) is 0 Å². The topological polar surface area (TPSA) is 55.8 Å². The number of esters is 1. The molecule has 0 radical (unpaired) electrons. The Hall–Kier alpha value is -1.26. The first-order chi connectivity index (χ1) is 9.59. The van der Waals surface area contributed by atoms with Gasteiger partial charge in [0.15, 0.2) is 0 Å². The lowest BCUT2D eigenvalue weighted by Gasteiger charge is -2.56. The van der Waals surface area contributed by atoms with Gasteiger partial charge in [0.1, 0.15) is 5.60 Å². The summed E-state index contributed by atoms with van der Waals surface area (Å²) in [4.78, 5) is 25.6. The zero-order valence-corrected chi connectivity index (χ0v) is 13.8. The van der Waals surface area contributed by atoms with Crippen molar-refractivity contribution >= 4 is 12.1 Å². The molecule has 2 rings (SSSR count). The molecule has 0 N–H and O–H groups in total. The second-order valence-electron chi connectivity index (χ2n) is 7.87. The van der Waals surface area contributed by atoms with Crippen LogP contribution in [-0.4, -0.2) is 42.8 Å². The van der Waals surface area contributed by atoms with Crippen molar-refractivity contribution in [1.82, 2.24) is 4.90 Å². The van der Waals surface area contributed by atoms with Gasteiger partial charge in [0.2, 0.25) is 0 Å². The molecule has 1 saturated carbocycles. The number of amides is 1. The number of piperidine rings is 1. The van der Waals surface area contributed by atoms with E-state index < -0.39 is 5.60 Å². The molecular weight excluding hydrogens is 270 g/mol. The summed E-state index contributed by atoms with van der Waals surface area (Å²) >= 11 is 0. The molecule has 1 heterocycles. The largest absolute Gasteiger partial charge is 0.469 e. The zero-order valence-electron chi connectivity index (χ0n) is 13.8. The van der Waals surface area contributed by atoms with Gasteiger partial charge in [-0.1, -0.05) is 0 Å². The number of methoxy groups -OCH3 is 1. The first kappa shape index (κ1) is 16.1. The lowest BCUT2D eigenvalue weighted by atomic mass is 9.50. The summed E-state index contributed by atoms with van der Waals surface area (Å²) in [5.74, 6) is -0.109. The van der Waals surface area contributed by atoms with E-state index in [4.69, 9.17) is 9.47 Å². The van der Waals surface area contributed by atoms with Gasteiger partial charge in [0.05, 0.1) is 12.5 Å². The molecule has 120 valence electrons. The molecular formula is C16H27NO4. The minimum atomic E-state index is -0.452. The quantitative estimate of drug-likeness (QED) is 0.698. The van der Waals surface area contributed by atoms with Crippen LogP contribution in [0, 0.1) is 10.8 Å². The Kier molecular flexibility index (Phi) is 3.98. The molecule has 1 amide bonds. The minimum Gasteiger partial charge on any atom is -0.469 e. The van der Waals surface area contributed by atoms with Crippen molar-refractivity contribution < 1.29 is 19.1 Å². The zero-order chi connectivity index (χ0) is 15.9. The molecule has 1 saturated heterocycles. The van der Waals surface area contributed by atoms with Crippen LogP contribution >= 0.6 is 0 Å². The number of nitrogens with zero attached hydrogens (tertiary/aromatic N) is 1. The molecule has 5 heteroatoms. The molecule has 1 spiro atoms. The Labute approximate surface area is 127 Å². The molecule has 0 bridgehead atoms. The highest BCUT2D eigenvalue weighted by Crippen LogP contribution is 2.59. The lowest BCUT2D eigenvalue weighted by molar-refractivity contribution is -0.171. The van der Waals surface area contributed by atoms with E-state index in [2.05, 4.69) is 0 Å². The Morgan fingerprint density at radius 1 is 1.10 bits per heavy atom. The van der Waals surface area contributed by atoms with E-state index in [1.165, 1.54) is 7.11 Å². The smallest absolute Gasteiger partial charge is 0.410 e. The highest BCUT2D eigenvalue weighted by atomic mass is 16.6. The SMILES string of the molecule is COC(=O)C1(C)CC2(CCN(C(=O)OC(C)(C)C)CC2)C1. The summed E-state index contributed by atoms with van der Waals surface area (Å²) in [5, 5.41) is 0. The number of carbonyl (C=O) groups excluding carboxylic acids is 2. The number of rotatable bonds is 1. The van der Waals surface area contributed by atoms with E-state index in [1.54, 1.807) is 4.90 Å². The van der Waals surface area contributed by atoms with Crippen molar-refractivity contribution in [2.24, 2.45) is 10.8 Å². The van der Waals surface area contributed by atoms with E-state index in [0.717, 1.165) is 25.7 Å². The van der Waals surface area contributed by atoms with Crippen LogP contribution < -0.4 is 0 Å². The van der Waals surface area contributed by atoms with Crippen molar-refractivity contribution in [2.75, 3.05) is 20.2 Å². The minimum absolute atomic E-state index is 0.109. The van der Waals surface area contributed by atoms with Gasteiger partial charge in [-0.25, -0.2) is 4.79 Å². The van der Waals surface area contributed by atoms with Gasteiger partial charge in [-0.05, 0) is 58.8 Å². The van der Waals surface area contributed by atoms with Crippen LogP contribution in [0.5, 0.6) is 0 Å². The van der Waals surface area contributed by atoms with Gasteiger partial charge in [-0.2, -0.15) is 0 Å². The standard InChI is InChI=1S/C16H27NO4/c1-14(2,3)21-13(19)17-8-6-16(7-9-17)10-15(4,11-16)12(18)20-5/h6-11H2,1-5H3. The van der Waals surface area contributed by atoms with Crippen molar-refractivity contribution in [3.05, 3.63) is 0 Å². The van der Waals surface area contributed by atoms with Crippen LogP contribution in [0.25, 0.3) is 0 Å². The number of likely N-dealkylation sites (tertiary alicyclic amines) is 1. The third-order valence-electron chi connectivity index (χ3n) is 4.68. The third-order valence-corrected chi connectivity index (χ3v) is 4.68. The molecule has 0 unspecified atom stereocenters. The molecule has 1 aliphatic carbocycles. The summed E-state index contributed by atoms with van der Waals surface area (Å²) in [7, 11) is 1.45. The van der Waals surface area contributed by atoms with Crippen molar-refractivity contribution in [3.63, 3.8) is 0 Å². The Morgan fingerprint density at radius 3 is 2.05 bits per heavy atom. The van der Waals surface area contributed by atoms with Gasteiger partial charge in [-0.15, -0.1) is 0 Å². The van der Waals surface area contributed by atoms with Crippen LogP contribution in [0.4, 0.5) is 4.79 Å². The summed E-state index contributed by atoms with van der Waals surface area (Å²) in [5.41, 5.74) is -0.573. The third kappa shape index (κ3) is 3.33. The molecule has 0 aromatic heterocycles. The first-order valence-corrected chi connectivity index (χ1v) is 7.66. The summed E-state index contributed by atoms with van der Waals surface area (Å²) in [6.07, 6.45) is 3.40. The Balaban J connectivity index is 1.85. The summed E-state index contributed by atoms with van der Waals surface area (Å²) in [6.45, 7) is 9.04. The second-order valence-corrected chi connectivity index (χ2v) is 7.87. The van der Waals surface area contributed by atoms with Crippen LogP contribution in [0.1, 0.15) is 53.4 Å². The van der Waals surface area contributed by atoms with Crippen LogP contribution in [0.15, 0.2) is 0 Å². The fraction of sp³-hybridized carbons (Fsp3) is 0.875. The van der Waals surface area contributed by atoms with E-state index >= 15 is 0 Å². The van der Waals surface area contributed by atoms with Crippen LogP contribution in [0.2, 0.25) is 0 Å². The van der Waals surface area contributed by atoms with Gasteiger partial charge in [0.25, 0.3) is 0 Å².